The molecule has 0 radical (unpaired) electrons. The molecule has 0 saturated heterocycles. The summed E-state index contributed by atoms with van der Waals surface area (Å²) < 4.78 is 0.640. The Kier molecular flexibility index (Phi) is 5.07. The Morgan fingerprint density at radius 2 is 2.19 bits per heavy atom. The van der Waals surface area contributed by atoms with Crippen LogP contribution in [0.4, 0.5) is 0 Å². The van der Waals surface area contributed by atoms with Gasteiger partial charge in [-0.2, -0.15) is 0 Å². The van der Waals surface area contributed by atoms with Crippen molar-refractivity contribution in [2.24, 2.45) is 0 Å². The summed E-state index contributed by atoms with van der Waals surface area (Å²) in [4.78, 5) is 15.3. The molecule has 5 nitrogen and oxygen atoms in total. The van der Waals surface area contributed by atoms with Crippen LogP contribution in [0.5, 0.6) is 0 Å². The van der Waals surface area contributed by atoms with E-state index < -0.39 is 6.04 Å². The average Bonchev–Trinajstić information content (AvgIpc) is 2.54. The Morgan fingerprint density at radius 3 is 2.62 bits per heavy atom. The van der Waals surface area contributed by atoms with E-state index in [1.165, 1.54) is 11.3 Å². The van der Waals surface area contributed by atoms with Gasteiger partial charge in [-0.3, -0.25) is 4.79 Å². The third kappa shape index (κ3) is 3.67. The minimum absolute atomic E-state index is 0.208. The monoisotopic (exact) mass is 262 g/mol. The van der Waals surface area contributed by atoms with Gasteiger partial charge in [0.1, 0.15) is 0 Å². The van der Waals surface area contributed by atoms with Crippen LogP contribution in [0.1, 0.15) is 10.6 Å². The molecule has 0 unspecified atom stereocenters. The first-order valence-corrected chi connectivity index (χ1v) is 5.99. The summed E-state index contributed by atoms with van der Waals surface area (Å²) >= 11 is 6.32. The van der Waals surface area contributed by atoms with E-state index >= 15 is 0 Å². The molecule has 0 aliphatic heterocycles. The minimum atomic E-state index is -0.597. The van der Waals surface area contributed by atoms with Gasteiger partial charge in [0.15, 0.2) is 3.95 Å². The number of aliphatic hydroxyl groups excluding tert-OH is 2. The number of hydrogen-bond acceptors (Lipinski definition) is 5. The predicted molar refractivity (Wildman–Crippen MR) is 64.0 cm³/mol. The number of aryl methyl sites for hydroxylation is 1. The first-order chi connectivity index (χ1) is 7.56. The highest BCUT2D eigenvalue weighted by Gasteiger charge is 2.12. The van der Waals surface area contributed by atoms with E-state index in [-0.39, 0.29) is 25.5 Å². The lowest BCUT2D eigenvalue weighted by molar-refractivity contribution is -0.121. The standard InChI is InChI=1S/C9H14N2O3S2/c1-5-7(16-9(15)10-5)2-8(14)11-6(3-12)4-13/h6,12-13H,2-4H2,1H3,(H,10,15)(H,11,14). The van der Waals surface area contributed by atoms with Crippen molar-refractivity contribution in [1.82, 2.24) is 10.3 Å². The highest BCUT2D eigenvalue weighted by molar-refractivity contribution is 7.73. The van der Waals surface area contributed by atoms with Crippen LogP contribution >= 0.6 is 23.6 Å². The third-order valence-corrected chi connectivity index (χ3v) is 3.39. The molecular weight excluding hydrogens is 248 g/mol. The summed E-state index contributed by atoms with van der Waals surface area (Å²) in [5.74, 6) is -0.235. The van der Waals surface area contributed by atoms with Crippen LogP contribution in [-0.2, 0) is 11.2 Å². The van der Waals surface area contributed by atoms with Crippen LogP contribution in [0.2, 0.25) is 0 Å². The lowest BCUT2D eigenvalue weighted by atomic mass is 10.2. The number of aromatic amines is 1. The second kappa shape index (κ2) is 6.09. The zero-order valence-electron chi connectivity index (χ0n) is 8.82. The molecule has 0 aliphatic carbocycles. The summed E-state index contributed by atoms with van der Waals surface area (Å²) in [5.41, 5.74) is 0.884. The molecule has 0 saturated carbocycles. The molecule has 1 aromatic rings. The van der Waals surface area contributed by atoms with Gasteiger partial charge in [-0.1, -0.05) is 0 Å². The molecule has 0 aliphatic rings. The minimum Gasteiger partial charge on any atom is -0.394 e. The van der Waals surface area contributed by atoms with Crippen LogP contribution in [-0.4, -0.2) is 40.4 Å². The van der Waals surface area contributed by atoms with Crippen molar-refractivity contribution < 1.29 is 15.0 Å². The fourth-order valence-corrected chi connectivity index (χ4v) is 2.47. The summed E-state index contributed by atoms with van der Waals surface area (Å²) in [7, 11) is 0. The van der Waals surface area contributed by atoms with E-state index in [0.717, 1.165) is 10.6 Å². The lowest BCUT2D eigenvalue weighted by Gasteiger charge is -2.12. The fraction of sp³-hybridized carbons (Fsp3) is 0.556. The van der Waals surface area contributed by atoms with Crippen LogP contribution in [0.3, 0.4) is 0 Å². The molecule has 4 N–H and O–H groups in total. The van der Waals surface area contributed by atoms with Gasteiger partial charge in [-0.25, -0.2) is 0 Å². The maximum absolute atomic E-state index is 11.5. The number of H-pyrrole nitrogens is 1. The van der Waals surface area contributed by atoms with Crippen LogP contribution in [0.15, 0.2) is 0 Å². The zero-order valence-corrected chi connectivity index (χ0v) is 10.5. The van der Waals surface area contributed by atoms with E-state index in [2.05, 4.69) is 10.3 Å². The van der Waals surface area contributed by atoms with Crippen molar-refractivity contribution in [3.8, 4) is 0 Å². The van der Waals surface area contributed by atoms with Gasteiger partial charge in [-0.05, 0) is 19.1 Å². The van der Waals surface area contributed by atoms with Crippen molar-refractivity contribution in [1.29, 1.82) is 0 Å². The third-order valence-electron chi connectivity index (χ3n) is 2.05. The zero-order chi connectivity index (χ0) is 12.1. The Bertz CT molecular complexity index is 409. The number of aromatic nitrogens is 1. The number of carbonyl (C=O) groups excluding carboxylic acids is 1. The quantitative estimate of drug-likeness (QED) is 0.568. The number of amides is 1. The van der Waals surface area contributed by atoms with Crippen molar-refractivity contribution in [2.75, 3.05) is 13.2 Å². The maximum Gasteiger partial charge on any atom is 0.225 e. The highest BCUT2D eigenvalue weighted by Crippen LogP contribution is 2.14. The normalized spacial score (nSPS) is 10.8. The lowest BCUT2D eigenvalue weighted by Crippen LogP contribution is -2.40. The number of rotatable bonds is 5. The number of thiazole rings is 1. The smallest absolute Gasteiger partial charge is 0.225 e. The Labute approximate surface area is 102 Å². The summed E-state index contributed by atoms with van der Waals surface area (Å²) in [6, 6.07) is -0.597. The van der Waals surface area contributed by atoms with Crippen LogP contribution in [0.25, 0.3) is 0 Å². The van der Waals surface area contributed by atoms with Crippen LogP contribution in [0, 0.1) is 10.9 Å². The number of aliphatic hydroxyl groups is 2. The Hall–Kier alpha value is -0.760. The first-order valence-electron chi connectivity index (χ1n) is 4.76. The largest absolute Gasteiger partial charge is 0.394 e. The van der Waals surface area contributed by atoms with Gasteiger partial charge in [0.2, 0.25) is 5.91 Å². The van der Waals surface area contributed by atoms with Gasteiger partial charge in [0.25, 0.3) is 0 Å². The molecule has 0 atom stereocenters. The number of nitrogens with one attached hydrogen (secondary N) is 2. The molecule has 1 heterocycles. The Balaban J connectivity index is 2.58. The Morgan fingerprint density at radius 1 is 1.56 bits per heavy atom. The molecule has 1 rings (SSSR count). The molecule has 90 valence electrons. The van der Waals surface area contributed by atoms with Gasteiger partial charge in [0.05, 0.1) is 25.7 Å². The van der Waals surface area contributed by atoms with Crippen LogP contribution < -0.4 is 5.32 Å². The van der Waals surface area contributed by atoms with E-state index in [9.17, 15) is 4.79 Å². The molecule has 7 heteroatoms. The van der Waals surface area contributed by atoms with Crippen molar-refractivity contribution in [2.45, 2.75) is 19.4 Å². The van der Waals surface area contributed by atoms with E-state index in [0.29, 0.717) is 3.95 Å². The van der Waals surface area contributed by atoms with Crippen molar-refractivity contribution in [3.63, 3.8) is 0 Å². The van der Waals surface area contributed by atoms with Gasteiger partial charge in [0, 0.05) is 10.6 Å². The molecule has 16 heavy (non-hydrogen) atoms. The van der Waals surface area contributed by atoms with E-state index in [1.54, 1.807) is 0 Å². The second-order valence-electron chi connectivity index (χ2n) is 3.37. The molecule has 0 spiro atoms. The molecule has 1 aromatic heterocycles. The molecule has 0 bridgehead atoms. The summed E-state index contributed by atoms with van der Waals surface area (Å²) in [6.07, 6.45) is 0.208. The predicted octanol–water partition coefficient (Wildman–Crippen LogP) is 0.126. The van der Waals surface area contributed by atoms with Gasteiger partial charge < -0.3 is 20.5 Å². The average molecular weight is 262 g/mol. The SMILES string of the molecule is Cc1[nH]c(=S)sc1CC(=O)NC(CO)CO. The van der Waals surface area contributed by atoms with E-state index in [4.69, 9.17) is 22.4 Å². The first kappa shape index (κ1) is 13.3. The van der Waals surface area contributed by atoms with Gasteiger partial charge >= 0.3 is 0 Å². The molecule has 1 amide bonds. The summed E-state index contributed by atoms with van der Waals surface area (Å²) in [6.45, 7) is 1.30. The summed E-state index contributed by atoms with van der Waals surface area (Å²) in [5, 5.41) is 20.1. The second-order valence-corrected chi connectivity index (χ2v) is 5.14. The maximum atomic E-state index is 11.5. The highest BCUT2D eigenvalue weighted by atomic mass is 32.1. The molecule has 0 aromatic carbocycles. The number of hydrogen-bond donors (Lipinski definition) is 4. The van der Waals surface area contributed by atoms with E-state index in [1.807, 2.05) is 6.92 Å². The molecular formula is C9H14N2O3S2. The van der Waals surface area contributed by atoms with Crippen molar-refractivity contribution in [3.05, 3.63) is 14.5 Å². The van der Waals surface area contributed by atoms with Crippen molar-refractivity contribution >= 4 is 29.5 Å². The fourth-order valence-electron chi connectivity index (χ4n) is 1.18. The molecule has 0 fully saturated rings. The topological polar surface area (TPSA) is 85.4 Å². The van der Waals surface area contributed by atoms with Gasteiger partial charge in [-0.15, -0.1) is 11.3 Å². The number of carbonyl (C=O) groups is 1.